The van der Waals surface area contributed by atoms with Crippen LogP contribution in [0.5, 0.6) is 5.75 Å². The SMILES string of the molecule is C[C@H]1CN(C(=O)c2ncccc2O)CCN1C(=O)OC(C)(C)C. The molecule has 0 aromatic carbocycles. The van der Waals surface area contributed by atoms with Crippen molar-refractivity contribution < 1.29 is 19.4 Å². The number of aromatic hydroxyl groups is 1. The molecule has 1 aliphatic heterocycles. The molecule has 1 N–H and O–H groups in total. The number of pyridine rings is 1. The molecule has 0 bridgehead atoms. The van der Waals surface area contributed by atoms with Crippen LogP contribution in [0.2, 0.25) is 0 Å². The Kier molecular flexibility index (Phi) is 4.77. The molecule has 23 heavy (non-hydrogen) atoms. The minimum atomic E-state index is -0.552. The Morgan fingerprint density at radius 2 is 2.04 bits per heavy atom. The number of amides is 2. The van der Waals surface area contributed by atoms with Crippen molar-refractivity contribution in [2.75, 3.05) is 19.6 Å². The minimum absolute atomic E-state index is 0.0328. The Hall–Kier alpha value is -2.31. The van der Waals surface area contributed by atoms with Crippen molar-refractivity contribution in [1.82, 2.24) is 14.8 Å². The third kappa shape index (κ3) is 4.12. The van der Waals surface area contributed by atoms with Crippen LogP contribution in [0.4, 0.5) is 4.79 Å². The maximum atomic E-state index is 12.4. The first kappa shape index (κ1) is 17.1. The van der Waals surface area contributed by atoms with Gasteiger partial charge < -0.3 is 19.6 Å². The fourth-order valence-corrected chi connectivity index (χ4v) is 2.45. The molecule has 0 saturated carbocycles. The van der Waals surface area contributed by atoms with E-state index in [0.29, 0.717) is 19.6 Å². The first-order valence-electron chi connectivity index (χ1n) is 7.62. The van der Waals surface area contributed by atoms with Crippen LogP contribution in [0.3, 0.4) is 0 Å². The van der Waals surface area contributed by atoms with Gasteiger partial charge in [0.25, 0.3) is 5.91 Å². The fourth-order valence-electron chi connectivity index (χ4n) is 2.45. The van der Waals surface area contributed by atoms with Crippen molar-refractivity contribution >= 4 is 12.0 Å². The van der Waals surface area contributed by atoms with Gasteiger partial charge in [-0.1, -0.05) is 0 Å². The average Bonchev–Trinajstić information content (AvgIpc) is 2.45. The highest BCUT2D eigenvalue weighted by Crippen LogP contribution is 2.19. The number of carbonyl (C=O) groups is 2. The van der Waals surface area contributed by atoms with Gasteiger partial charge in [-0.2, -0.15) is 0 Å². The summed E-state index contributed by atoms with van der Waals surface area (Å²) in [6.07, 6.45) is 1.09. The van der Waals surface area contributed by atoms with E-state index in [4.69, 9.17) is 4.74 Å². The smallest absolute Gasteiger partial charge is 0.410 e. The number of nitrogens with zero attached hydrogens (tertiary/aromatic N) is 3. The van der Waals surface area contributed by atoms with Crippen LogP contribution < -0.4 is 0 Å². The second kappa shape index (κ2) is 6.44. The van der Waals surface area contributed by atoms with Crippen LogP contribution in [-0.2, 0) is 4.74 Å². The van der Waals surface area contributed by atoms with Crippen LogP contribution in [0.1, 0.15) is 38.2 Å². The Balaban J connectivity index is 2.03. The lowest BCUT2D eigenvalue weighted by molar-refractivity contribution is 0.00184. The molecular weight excluding hydrogens is 298 g/mol. The summed E-state index contributed by atoms with van der Waals surface area (Å²) in [4.78, 5) is 31.8. The van der Waals surface area contributed by atoms with Gasteiger partial charge in [0, 0.05) is 31.9 Å². The van der Waals surface area contributed by atoms with Crippen LogP contribution >= 0.6 is 0 Å². The van der Waals surface area contributed by atoms with E-state index < -0.39 is 5.60 Å². The molecule has 1 atom stereocenters. The summed E-state index contributed by atoms with van der Waals surface area (Å²) in [7, 11) is 0. The lowest BCUT2D eigenvalue weighted by Gasteiger charge is -2.40. The fraction of sp³-hybridized carbons (Fsp3) is 0.562. The van der Waals surface area contributed by atoms with E-state index >= 15 is 0 Å². The van der Waals surface area contributed by atoms with E-state index in [0.717, 1.165) is 0 Å². The number of carbonyl (C=O) groups excluding carboxylic acids is 2. The number of piperazine rings is 1. The molecule has 1 aromatic heterocycles. The van der Waals surface area contributed by atoms with Gasteiger partial charge in [-0.25, -0.2) is 9.78 Å². The van der Waals surface area contributed by atoms with Gasteiger partial charge in [0.15, 0.2) is 5.69 Å². The maximum Gasteiger partial charge on any atom is 0.410 e. The monoisotopic (exact) mass is 321 g/mol. The normalized spacial score (nSPS) is 18.7. The third-order valence-electron chi connectivity index (χ3n) is 3.53. The van der Waals surface area contributed by atoms with E-state index in [2.05, 4.69) is 4.98 Å². The van der Waals surface area contributed by atoms with Gasteiger partial charge in [0.2, 0.25) is 0 Å². The highest BCUT2D eigenvalue weighted by atomic mass is 16.6. The van der Waals surface area contributed by atoms with Crippen molar-refractivity contribution in [2.45, 2.75) is 39.3 Å². The molecule has 0 unspecified atom stereocenters. The molecule has 1 aromatic rings. The third-order valence-corrected chi connectivity index (χ3v) is 3.53. The molecule has 0 aliphatic carbocycles. The van der Waals surface area contributed by atoms with Crippen molar-refractivity contribution in [3.05, 3.63) is 24.0 Å². The van der Waals surface area contributed by atoms with E-state index in [1.54, 1.807) is 15.9 Å². The summed E-state index contributed by atoms with van der Waals surface area (Å²) in [6, 6.07) is 2.82. The van der Waals surface area contributed by atoms with Crippen molar-refractivity contribution in [3.8, 4) is 5.75 Å². The molecule has 2 rings (SSSR count). The van der Waals surface area contributed by atoms with Gasteiger partial charge in [-0.3, -0.25) is 4.79 Å². The largest absolute Gasteiger partial charge is 0.505 e. The van der Waals surface area contributed by atoms with E-state index in [1.807, 2.05) is 27.7 Å². The zero-order valence-electron chi connectivity index (χ0n) is 13.9. The highest BCUT2D eigenvalue weighted by Gasteiger charge is 2.33. The molecule has 126 valence electrons. The first-order valence-corrected chi connectivity index (χ1v) is 7.62. The molecule has 0 radical (unpaired) electrons. The molecule has 1 aliphatic rings. The summed E-state index contributed by atoms with van der Waals surface area (Å²) in [5.74, 6) is -0.474. The quantitative estimate of drug-likeness (QED) is 0.854. The van der Waals surface area contributed by atoms with Gasteiger partial charge in [0.1, 0.15) is 11.4 Å². The highest BCUT2D eigenvalue weighted by molar-refractivity contribution is 5.95. The van der Waals surface area contributed by atoms with Crippen molar-refractivity contribution in [1.29, 1.82) is 0 Å². The predicted octanol–water partition coefficient (Wildman–Crippen LogP) is 1.87. The lowest BCUT2D eigenvalue weighted by Crippen LogP contribution is -2.56. The summed E-state index contributed by atoms with van der Waals surface area (Å²) in [5.41, 5.74) is -0.519. The summed E-state index contributed by atoms with van der Waals surface area (Å²) in [6.45, 7) is 8.45. The van der Waals surface area contributed by atoms with Gasteiger partial charge in [-0.05, 0) is 39.8 Å². The maximum absolute atomic E-state index is 12.4. The van der Waals surface area contributed by atoms with Crippen LogP contribution in [0, 0.1) is 0 Å². The predicted molar refractivity (Wildman–Crippen MR) is 84.2 cm³/mol. The van der Waals surface area contributed by atoms with Crippen LogP contribution in [0.25, 0.3) is 0 Å². The Bertz CT molecular complexity index is 597. The van der Waals surface area contributed by atoms with Crippen molar-refractivity contribution in [2.24, 2.45) is 0 Å². The summed E-state index contributed by atoms with van der Waals surface area (Å²) >= 11 is 0. The molecule has 7 heteroatoms. The summed E-state index contributed by atoms with van der Waals surface area (Å²) in [5, 5.41) is 9.75. The first-order chi connectivity index (χ1) is 10.7. The Labute approximate surface area is 135 Å². The van der Waals surface area contributed by atoms with E-state index in [9.17, 15) is 14.7 Å². The minimum Gasteiger partial charge on any atom is -0.505 e. The molecule has 1 saturated heterocycles. The van der Waals surface area contributed by atoms with Gasteiger partial charge in [-0.15, -0.1) is 0 Å². The molecule has 0 spiro atoms. The van der Waals surface area contributed by atoms with Gasteiger partial charge >= 0.3 is 6.09 Å². The van der Waals surface area contributed by atoms with Crippen LogP contribution in [-0.4, -0.2) is 63.2 Å². The van der Waals surface area contributed by atoms with E-state index in [1.165, 1.54) is 12.3 Å². The average molecular weight is 321 g/mol. The number of hydrogen-bond donors (Lipinski definition) is 1. The zero-order chi connectivity index (χ0) is 17.2. The molecule has 2 amide bonds. The molecule has 2 heterocycles. The zero-order valence-corrected chi connectivity index (χ0v) is 13.9. The number of rotatable bonds is 1. The topological polar surface area (TPSA) is 83.0 Å². The van der Waals surface area contributed by atoms with Crippen molar-refractivity contribution in [3.63, 3.8) is 0 Å². The van der Waals surface area contributed by atoms with Gasteiger partial charge in [0.05, 0.1) is 0 Å². The second-order valence-corrected chi connectivity index (χ2v) is 6.65. The second-order valence-electron chi connectivity index (χ2n) is 6.65. The Morgan fingerprint density at radius 3 is 2.61 bits per heavy atom. The summed E-state index contributed by atoms with van der Waals surface area (Å²) < 4.78 is 5.38. The molecular formula is C16H23N3O4. The number of hydrogen-bond acceptors (Lipinski definition) is 5. The van der Waals surface area contributed by atoms with Crippen LogP contribution in [0.15, 0.2) is 18.3 Å². The molecule has 1 fully saturated rings. The lowest BCUT2D eigenvalue weighted by atomic mass is 10.1. The number of ether oxygens (including phenoxy) is 1. The standard InChI is InChI=1S/C16H23N3O4/c1-11-10-18(14(21)13-12(20)6-5-7-17-13)8-9-19(11)15(22)23-16(2,3)4/h5-7,11,20H,8-10H2,1-4H3/t11-/m0/s1. The van der Waals surface area contributed by atoms with E-state index in [-0.39, 0.29) is 29.5 Å². The number of aromatic nitrogens is 1. The molecule has 7 nitrogen and oxygen atoms in total. The Morgan fingerprint density at radius 1 is 1.35 bits per heavy atom.